The Labute approximate surface area is 217 Å². The van der Waals surface area contributed by atoms with Gasteiger partial charge in [-0.2, -0.15) is 0 Å². The van der Waals surface area contributed by atoms with Crippen molar-refractivity contribution in [2.75, 3.05) is 21.3 Å². The van der Waals surface area contributed by atoms with E-state index in [9.17, 15) is 4.79 Å². The Kier molecular flexibility index (Phi) is 3.13. The number of rotatable bonds is 3. The first-order valence-electron chi connectivity index (χ1n) is 13.1. The number of fused-ring (bicyclic) bond motifs is 2. The predicted molar refractivity (Wildman–Crippen MR) is 144 cm³/mol. The number of benzene rings is 4. The van der Waals surface area contributed by atoms with Gasteiger partial charge in [0.1, 0.15) is 17.3 Å². The third-order valence-corrected chi connectivity index (χ3v) is 10.1. The summed E-state index contributed by atoms with van der Waals surface area (Å²) in [6.07, 6.45) is 6.13. The summed E-state index contributed by atoms with van der Waals surface area (Å²) in [6, 6.07) is 12.9. The van der Waals surface area contributed by atoms with Crippen molar-refractivity contribution in [1.82, 2.24) is 0 Å². The number of carbonyl (C=O) groups excluding carboxylic acids is 1. The summed E-state index contributed by atoms with van der Waals surface area (Å²) in [5.74, 6) is 1.88. The van der Waals surface area contributed by atoms with Gasteiger partial charge in [-0.05, 0) is 68.3 Å². The smallest absolute Gasteiger partial charge is 0.153 e. The Morgan fingerprint density at radius 1 is 0.816 bits per heavy atom. The Morgan fingerprint density at radius 3 is 2.42 bits per heavy atom. The molecule has 0 N–H and O–H groups in total. The molecule has 0 saturated carbocycles. The van der Waals surface area contributed by atoms with Crippen molar-refractivity contribution < 1.29 is 23.7 Å². The van der Waals surface area contributed by atoms with Gasteiger partial charge in [-0.1, -0.05) is 30.4 Å². The molecule has 0 radical (unpaired) electrons. The van der Waals surface area contributed by atoms with Gasteiger partial charge in [0.2, 0.25) is 0 Å². The quantitative estimate of drug-likeness (QED) is 0.268. The topological polar surface area (TPSA) is 54.0 Å². The van der Waals surface area contributed by atoms with Crippen LogP contribution in [0.1, 0.15) is 28.2 Å². The number of ketones is 1. The second-order valence-corrected chi connectivity index (χ2v) is 11.2. The van der Waals surface area contributed by atoms with Crippen molar-refractivity contribution in [3.63, 3.8) is 0 Å². The largest absolute Gasteiger partial charge is 0.496 e. The van der Waals surface area contributed by atoms with Crippen LogP contribution in [0, 0.1) is 5.92 Å². The van der Waals surface area contributed by atoms with Gasteiger partial charge in [-0.3, -0.25) is 4.79 Å². The molecule has 2 aliphatic heterocycles. The van der Waals surface area contributed by atoms with Crippen molar-refractivity contribution in [2.24, 2.45) is 5.92 Å². The minimum Gasteiger partial charge on any atom is -0.496 e. The second-order valence-electron chi connectivity index (χ2n) is 11.2. The number of hydrogen-bond donors (Lipinski definition) is 0. The van der Waals surface area contributed by atoms with Gasteiger partial charge in [0.15, 0.2) is 5.78 Å². The van der Waals surface area contributed by atoms with E-state index in [1.807, 2.05) is 0 Å². The van der Waals surface area contributed by atoms with Gasteiger partial charge in [0.05, 0.1) is 50.8 Å². The predicted octanol–water partition coefficient (Wildman–Crippen LogP) is 5.69. The number of allylic oxidation sites excluding steroid dienone is 1. The molecule has 2 heterocycles. The van der Waals surface area contributed by atoms with Crippen LogP contribution in [-0.2, 0) is 19.7 Å². The molecule has 1 spiro atoms. The van der Waals surface area contributed by atoms with Gasteiger partial charge in [-0.15, -0.1) is 0 Å². The lowest BCUT2D eigenvalue weighted by atomic mass is 9.43. The highest BCUT2D eigenvalue weighted by Gasteiger charge is 2.68. The van der Waals surface area contributed by atoms with Crippen LogP contribution in [0.5, 0.6) is 11.5 Å². The summed E-state index contributed by atoms with van der Waals surface area (Å²) in [5.41, 5.74) is 6.33. The van der Waals surface area contributed by atoms with Crippen molar-refractivity contribution >= 4 is 43.9 Å². The van der Waals surface area contributed by atoms with Crippen molar-refractivity contribution in [3.8, 4) is 11.5 Å². The van der Waals surface area contributed by atoms with Crippen LogP contribution in [0.15, 0.2) is 65.8 Å². The van der Waals surface area contributed by atoms with E-state index < -0.39 is 5.41 Å². The maximum absolute atomic E-state index is 14.6. The first-order valence-corrected chi connectivity index (χ1v) is 13.1. The standard InChI is InChI=1S/C33H22O5/c1-35-21-10-16-22(36-2)11-17-27-28-19-8-9-20(38-19)31(28)33-18(32(27)34)12-23(37-3)15-7-5-13-4-6-14(21)25(24(13)29(15)33)26(16)30(17)33/h4-12,18-20,27H,1-3H3. The molecule has 4 aromatic rings. The summed E-state index contributed by atoms with van der Waals surface area (Å²) in [6.45, 7) is 0. The molecule has 184 valence electrons. The fourth-order valence-electron chi connectivity index (χ4n) is 9.04. The summed E-state index contributed by atoms with van der Waals surface area (Å²) < 4.78 is 24.5. The minimum atomic E-state index is -0.641. The maximum atomic E-state index is 14.6. The molecular formula is C33H22O5. The monoisotopic (exact) mass is 498 g/mol. The van der Waals surface area contributed by atoms with E-state index in [-0.39, 0.29) is 29.8 Å². The van der Waals surface area contributed by atoms with Crippen LogP contribution < -0.4 is 9.47 Å². The third-order valence-electron chi connectivity index (χ3n) is 10.1. The van der Waals surface area contributed by atoms with Crippen LogP contribution in [0.4, 0.5) is 0 Å². The molecule has 38 heavy (non-hydrogen) atoms. The van der Waals surface area contributed by atoms with Gasteiger partial charge in [0, 0.05) is 21.7 Å². The maximum Gasteiger partial charge on any atom is 0.153 e. The first kappa shape index (κ1) is 19.9. The number of Topliss-reactive ketones (excluding diaryl/α,β-unsaturated/α-hetero) is 1. The molecule has 5 nitrogen and oxygen atoms in total. The number of methoxy groups -OCH3 is 3. The van der Waals surface area contributed by atoms with E-state index in [1.54, 1.807) is 21.3 Å². The molecule has 5 heteroatoms. The van der Waals surface area contributed by atoms with Crippen LogP contribution >= 0.6 is 0 Å². The Morgan fingerprint density at radius 2 is 1.61 bits per heavy atom. The highest BCUT2D eigenvalue weighted by Crippen LogP contribution is 2.72. The summed E-state index contributed by atoms with van der Waals surface area (Å²) in [4.78, 5) is 14.6. The SMILES string of the molecule is COC1=CC2C(=O)C3C4=C(C5C=CC4O5)C24c2c1ccc1ccc5c(OC)cc6c(OC)cc3c4c6c5c21. The van der Waals surface area contributed by atoms with E-state index in [1.165, 1.54) is 32.9 Å². The zero-order chi connectivity index (χ0) is 25.2. The molecule has 0 fully saturated rings. The van der Waals surface area contributed by atoms with E-state index in [0.29, 0.717) is 0 Å². The van der Waals surface area contributed by atoms with Gasteiger partial charge < -0.3 is 18.9 Å². The molecule has 7 aliphatic rings. The van der Waals surface area contributed by atoms with Crippen LogP contribution in [0.25, 0.3) is 38.1 Å². The summed E-state index contributed by atoms with van der Waals surface area (Å²) in [5, 5.41) is 6.77. The van der Waals surface area contributed by atoms with E-state index in [0.717, 1.165) is 50.1 Å². The Hall–Kier alpha value is -4.09. The highest BCUT2D eigenvalue weighted by molar-refractivity contribution is 6.29. The van der Waals surface area contributed by atoms with Crippen LogP contribution in [0.2, 0.25) is 0 Å². The van der Waals surface area contributed by atoms with Crippen molar-refractivity contribution in [3.05, 3.63) is 88.0 Å². The van der Waals surface area contributed by atoms with Crippen molar-refractivity contribution in [2.45, 2.75) is 23.5 Å². The molecule has 0 saturated heterocycles. The third kappa shape index (κ3) is 1.73. The van der Waals surface area contributed by atoms with Gasteiger partial charge in [-0.25, -0.2) is 0 Å². The normalized spacial score (nSPS) is 30.0. The molecule has 0 aromatic heterocycles. The zero-order valence-electron chi connectivity index (χ0n) is 21.0. The fraction of sp³-hybridized carbons (Fsp3) is 0.242. The molecule has 4 aromatic carbocycles. The minimum absolute atomic E-state index is 0.127. The second kappa shape index (κ2) is 5.97. The average Bonchev–Trinajstić information content (AvgIpc) is 3.58. The van der Waals surface area contributed by atoms with E-state index in [4.69, 9.17) is 18.9 Å². The molecule has 5 aliphatic carbocycles. The molecule has 5 atom stereocenters. The molecule has 11 rings (SSSR count). The summed E-state index contributed by atoms with van der Waals surface area (Å²) in [7, 11) is 5.14. The van der Waals surface area contributed by atoms with Crippen LogP contribution in [-0.4, -0.2) is 39.3 Å². The molecule has 0 amide bonds. The lowest BCUT2D eigenvalue weighted by Crippen LogP contribution is -2.56. The highest BCUT2D eigenvalue weighted by atomic mass is 16.5. The lowest BCUT2D eigenvalue weighted by Gasteiger charge is -2.57. The van der Waals surface area contributed by atoms with E-state index >= 15 is 0 Å². The Balaban J connectivity index is 1.57. The fourth-order valence-corrected chi connectivity index (χ4v) is 9.04. The molecule has 5 unspecified atom stereocenters. The van der Waals surface area contributed by atoms with Gasteiger partial charge >= 0.3 is 0 Å². The number of carbonyl (C=O) groups is 1. The number of hydrogen-bond acceptors (Lipinski definition) is 5. The average molecular weight is 499 g/mol. The first-order chi connectivity index (χ1) is 18.6. The lowest BCUT2D eigenvalue weighted by molar-refractivity contribution is -0.124. The molecule has 4 bridgehead atoms. The van der Waals surface area contributed by atoms with Gasteiger partial charge in [0.25, 0.3) is 0 Å². The van der Waals surface area contributed by atoms with Crippen molar-refractivity contribution in [1.29, 1.82) is 0 Å². The summed E-state index contributed by atoms with van der Waals surface area (Å²) >= 11 is 0. The molecular weight excluding hydrogens is 476 g/mol. The Bertz CT molecular complexity index is 2010. The zero-order valence-corrected chi connectivity index (χ0v) is 21.0. The van der Waals surface area contributed by atoms with Crippen LogP contribution in [0.3, 0.4) is 0 Å². The van der Waals surface area contributed by atoms with E-state index in [2.05, 4.69) is 54.6 Å². The number of ether oxygens (including phenoxy) is 4.